The molecule has 0 aliphatic heterocycles. The van der Waals surface area contributed by atoms with Crippen LogP contribution in [0.3, 0.4) is 0 Å². The molecule has 0 amide bonds. The lowest BCUT2D eigenvalue weighted by Crippen LogP contribution is -2.17. The second kappa shape index (κ2) is 6.54. The zero-order valence-electron chi connectivity index (χ0n) is 9.93. The van der Waals surface area contributed by atoms with Crippen molar-refractivity contribution >= 4 is 18.4 Å². The fourth-order valence-electron chi connectivity index (χ4n) is 1.82. The van der Waals surface area contributed by atoms with Gasteiger partial charge in [-0.1, -0.05) is 45.0 Å². The van der Waals surface area contributed by atoms with E-state index in [1.807, 2.05) is 38.1 Å². The van der Waals surface area contributed by atoms with Gasteiger partial charge in [-0.3, -0.25) is 4.79 Å². The van der Waals surface area contributed by atoms with Crippen molar-refractivity contribution in [3.8, 4) is 0 Å². The predicted octanol–water partition coefficient (Wildman–Crippen LogP) is 3.50. The maximum atomic E-state index is 11.1. The molecular formula is C13H19ClO2. The summed E-state index contributed by atoms with van der Waals surface area (Å²) in [6.07, 6.45) is 0.943. The van der Waals surface area contributed by atoms with E-state index in [-0.39, 0.29) is 18.3 Å². The highest BCUT2D eigenvalue weighted by atomic mass is 35.5. The highest BCUT2D eigenvalue weighted by Crippen LogP contribution is 2.25. The highest BCUT2D eigenvalue weighted by molar-refractivity contribution is 5.85. The van der Waals surface area contributed by atoms with Crippen LogP contribution in [0, 0.1) is 5.92 Å². The van der Waals surface area contributed by atoms with E-state index in [2.05, 4.69) is 6.92 Å². The van der Waals surface area contributed by atoms with Gasteiger partial charge in [-0.2, -0.15) is 0 Å². The standard InChI is InChI=1S/C13H18O2.ClH/c1-4-10-6-5-7-11(8-10)12(9(2)3)13(14)15;/h5-9,12H,4H2,1-3H3,(H,14,15);1H. The Hall–Kier alpha value is -1.02. The van der Waals surface area contributed by atoms with Crippen LogP contribution in [0.15, 0.2) is 24.3 Å². The van der Waals surface area contributed by atoms with Crippen LogP contribution in [0.2, 0.25) is 0 Å². The summed E-state index contributed by atoms with van der Waals surface area (Å²) in [5, 5.41) is 9.16. The summed E-state index contributed by atoms with van der Waals surface area (Å²) in [6, 6.07) is 7.87. The van der Waals surface area contributed by atoms with E-state index in [1.165, 1.54) is 5.56 Å². The summed E-state index contributed by atoms with van der Waals surface area (Å²) in [4.78, 5) is 11.1. The molecule has 1 aromatic rings. The van der Waals surface area contributed by atoms with Gasteiger partial charge in [0.05, 0.1) is 5.92 Å². The number of hydrogen-bond acceptors (Lipinski definition) is 1. The third-order valence-corrected chi connectivity index (χ3v) is 2.65. The van der Waals surface area contributed by atoms with Gasteiger partial charge in [0.15, 0.2) is 0 Å². The van der Waals surface area contributed by atoms with E-state index in [1.54, 1.807) is 0 Å². The zero-order chi connectivity index (χ0) is 11.4. The first-order valence-corrected chi connectivity index (χ1v) is 5.38. The van der Waals surface area contributed by atoms with Gasteiger partial charge in [-0.15, -0.1) is 12.4 Å². The van der Waals surface area contributed by atoms with Gasteiger partial charge < -0.3 is 5.11 Å². The minimum atomic E-state index is -0.738. The third kappa shape index (κ3) is 3.53. The first-order chi connectivity index (χ1) is 7.06. The Morgan fingerprint density at radius 3 is 2.44 bits per heavy atom. The van der Waals surface area contributed by atoms with Gasteiger partial charge in [0.25, 0.3) is 0 Å². The molecule has 0 fully saturated rings. The molecule has 1 N–H and O–H groups in total. The fourth-order valence-corrected chi connectivity index (χ4v) is 1.82. The van der Waals surface area contributed by atoms with E-state index in [0.717, 1.165) is 12.0 Å². The normalized spacial score (nSPS) is 12.0. The summed E-state index contributed by atoms with van der Waals surface area (Å²) >= 11 is 0. The van der Waals surface area contributed by atoms with Gasteiger partial charge in [0, 0.05) is 0 Å². The molecule has 1 atom stereocenters. The number of hydrogen-bond donors (Lipinski definition) is 1. The van der Waals surface area contributed by atoms with Gasteiger partial charge in [0.2, 0.25) is 0 Å². The lowest BCUT2D eigenvalue weighted by molar-refractivity contribution is -0.139. The first kappa shape index (κ1) is 15.0. The summed E-state index contributed by atoms with van der Waals surface area (Å²) in [5.74, 6) is -1.01. The molecule has 0 spiro atoms. The molecule has 0 heterocycles. The molecule has 1 aromatic carbocycles. The summed E-state index contributed by atoms with van der Waals surface area (Å²) in [5.41, 5.74) is 2.11. The second-order valence-electron chi connectivity index (χ2n) is 4.16. The number of benzene rings is 1. The fraction of sp³-hybridized carbons (Fsp3) is 0.462. The molecule has 0 bridgehead atoms. The minimum absolute atomic E-state index is 0. The van der Waals surface area contributed by atoms with Crippen LogP contribution in [0.1, 0.15) is 37.8 Å². The number of carboxylic acid groups (broad SMARTS) is 1. The van der Waals surface area contributed by atoms with Crippen molar-refractivity contribution < 1.29 is 9.90 Å². The Balaban J connectivity index is 0.00000225. The van der Waals surface area contributed by atoms with E-state index in [4.69, 9.17) is 5.11 Å². The van der Waals surface area contributed by atoms with Gasteiger partial charge in [0.1, 0.15) is 0 Å². The number of aliphatic carboxylic acids is 1. The molecule has 0 saturated heterocycles. The van der Waals surface area contributed by atoms with Crippen LogP contribution in [0.25, 0.3) is 0 Å². The number of rotatable bonds is 4. The van der Waals surface area contributed by atoms with Crippen molar-refractivity contribution in [2.75, 3.05) is 0 Å². The molecule has 0 aliphatic carbocycles. The maximum absolute atomic E-state index is 11.1. The predicted molar refractivity (Wildman–Crippen MR) is 68.3 cm³/mol. The van der Waals surface area contributed by atoms with Crippen molar-refractivity contribution in [3.63, 3.8) is 0 Å². The maximum Gasteiger partial charge on any atom is 0.311 e. The average Bonchev–Trinajstić information content (AvgIpc) is 2.17. The van der Waals surface area contributed by atoms with E-state index in [0.29, 0.717) is 0 Å². The van der Waals surface area contributed by atoms with Crippen LogP contribution in [0.4, 0.5) is 0 Å². The smallest absolute Gasteiger partial charge is 0.311 e. The molecule has 2 nitrogen and oxygen atoms in total. The van der Waals surface area contributed by atoms with Crippen LogP contribution in [-0.4, -0.2) is 11.1 Å². The minimum Gasteiger partial charge on any atom is -0.481 e. The molecule has 0 saturated carbocycles. The van der Waals surface area contributed by atoms with Crippen molar-refractivity contribution in [1.29, 1.82) is 0 Å². The Morgan fingerprint density at radius 2 is 2.00 bits per heavy atom. The van der Waals surface area contributed by atoms with Gasteiger partial charge >= 0.3 is 5.97 Å². The van der Waals surface area contributed by atoms with E-state index >= 15 is 0 Å². The number of aryl methyl sites for hydroxylation is 1. The Morgan fingerprint density at radius 1 is 1.38 bits per heavy atom. The molecule has 90 valence electrons. The summed E-state index contributed by atoms with van der Waals surface area (Å²) in [6.45, 7) is 5.96. The topological polar surface area (TPSA) is 37.3 Å². The Bertz CT molecular complexity index is 348. The van der Waals surface area contributed by atoms with Crippen LogP contribution in [0.5, 0.6) is 0 Å². The molecule has 0 aliphatic rings. The van der Waals surface area contributed by atoms with Crippen molar-refractivity contribution in [2.45, 2.75) is 33.1 Å². The lowest BCUT2D eigenvalue weighted by Gasteiger charge is -2.17. The largest absolute Gasteiger partial charge is 0.481 e. The monoisotopic (exact) mass is 242 g/mol. The summed E-state index contributed by atoms with van der Waals surface area (Å²) < 4.78 is 0. The molecule has 1 rings (SSSR count). The second-order valence-corrected chi connectivity index (χ2v) is 4.16. The molecule has 16 heavy (non-hydrogen) atoms. The lowest BCUT2D eigenvalue weighted by atomic mass is 9.87. The quantitative estimate of drug-likeness (QED) is 0.878. The number of carboxylic acids is 1. The molecule has 3 heteroatoms. The number of carbonyl (C=O) groups is 1. The van der Waals surface area contributed by atoms with Crippen molar-refractivity contribution in [2.24, 2.45) is 5.92 Å². The van der Waals surface area contributed by atoms with Gasteiger partial charge in [-0.05, 0) is 23.5 Å². The molecule has 1 unspecified atom stereocenters. The van der Waals surface area contributed by atoms with Crippen LogP contribution < -0.4 is 0 Å². The Labute approximate surface area is 103 Å². The molecule has 0 aromatic heterocycles. The molecule has 0 radical (unpaired) electrons. The summed E-state index contributed by atoms with van der Waals surface area (Å²) in [7, 11) is 0. The van der Waals surface area contributed by atoms with Crippen molar-refractivity contribution in [3.05, 3.63) is 35.4 Å². The van der Waals surface area contributed by atoms with Gasteiger partial charge in [-0.25, -0.2) is 0 Å². The SMILES string of the molecule is CCc1cccc(C(C(=O)O)C(C)C)c1.Cl. The molecular weight excluding hydrogens is 224 g/mol. The average molecular weight is 243 g/mol. The van der Waals surface area contributed by atoms with E-state index < -0.39 is 11.9 Å². The first-order valence-electron chi connectivity index (χ1n) is 5.38. The third-order valence-electron chi connectivity index (χ3n) is 2.65. The Kier molecular flexibility index (Phi) is 6.12. The van der Waals surface area contributed by atoms with E-state index in [9.17, 15) is 4.79 Å². The van der Waals surface area contributed by atoms with Crippen molar-refractivity contribution in [1.82, 2.24) is 0 Å². The van der Waals surface area contributed by atoms with Crippen LogP contribution in [-0.2, 0) is 11.2 Å². The zero-order valence-corrected chi connectivity index (χ0v) is 10.8. The van der Waals surface area contributed by atoms with Crippen LogP contribution >= 0.6 is 12.4 Å². The highest BCUT2D eigenvalue weighted by Gasteiger charge is 2.23. The number of halogens is 1.